The predicted molar refractivity (Wildman–Crippen MR) is 144 cm³/mol. The van der Waals surface area contributed by atoms with Crippen molar-refractivity contribution >= 4 is 23.0 Å². The smallest absolute Gasteiger partial charge is 0.254 e. The number of hydrogen-bond donors (Lipinski definition) is 3. The van der Waals surface area contributed by atoms with Crippen molar-refractivity contribution in [1.29, 1.82) is 0 Å². The van der Waals surface area contributed by atoms with E-state index >= 15 is 0 Å². The standard InChI is InChI=1S/C29H32N4O3/c1-4-25(20-9-13-23(35-2)14-10-20)29(21-11-15-24(36-3)16-12-21)31-19-28(34)33-32-18-22-17-30-27-8-6-5-7-26(22)27/h5-18,25,29-31H,4,19H2,1-3H3,(H,33,34). The fourth-order valence-electron chi connectivity index (χ4n) is 4.44. The van der Waals surface area contributed by atoms with Crippen molar-refractivity contribution in [3.8, 4) is 11.5 Å². The van der Waals surface area contributed by atoms with Crippen LogP contribution in [-0.4, -0.2) is 37.9 Å². The van der Waals surface area contributed by atoms with Crippen LogP contribution in [0.15, 0.2) is 84.1 Å². The van der Waals surface area contributed by atoms with Gasteiger partial charge in [0.25, 0.3) is 5.91 Å². The quantitative estimate of drug-likeness (QED) is 0.203. The summed E-state index contributed by atoms with van der Waals surface area (Å²) in [4.78, 5) is 15.9. The number of aromatic nitrogens is 1. The number of aromatic amines is 1. The van der Waals surface area contributed by atoms with Crippen LogP contribution in [0.25, 0.3) is 10.9 Å². The maximum Gasteiger partial charge on any atom is 0.254 e. The minimum absolute atomic E-state index is 0.0855. The van der Waals surface area contributed by atoms with Gasteiger partial charge in [0.05, 0.1) is 27.0 Å². The van der Waals surface area contributed by atoms with Gasteiger partial charge in [0.2, 0.25) is 0 Å². The Morgan fingerprint density at radius 2 is 1.58 bits per heavy atom. The van der Waals surface area contributed by atoms with Gasteiger partial charge in [-0.2, -0.15) is 5.10 Å². The summed E-state index contributed by atoms with van der Waals surface area (Å²) in [6, 6.07) is 23.9. The number of carbonyl (C=O) groups is 1. The molecule has 36 heavy (non-hydrogen) atoms. The van der Waals surface area contributed by atoms with E-state index in [0.29, 0.717) is 0 Å². The molecule has 0 aliphatic heterocycles. The van der Waals surface area contributed by atoms with Gasteiger partial charge in [0.15, 0.2) is 0 Å². The molecule has 0 radical (unpaired) electrons. The van der Waals surface area contributed by atoms with E-state index in [0.717, 1.165) is 39.9 Å². The number of methoxy groups -OCH3 is 2. The average Bonchev–Trinajstić information content (AvgIpc) is 3.34. The minimum Gasteiger partial charge on any atom is -0.497 e. The van der Waals surface area contributed by atoms with Gasteiger partial charge in [-0.25, -0.2) is 5.43 Å². The molecule has 186 valence electrons. The van der Waals surface area contributed by atoms with E-state index in [4.69, 9.17) is 9.47 Å². The number of amides is 1. The molecular weight excluding hydrogens is 452 g/mol. The summed E-state index contributed by atoms with van der Waals surface area (Å²) < 4.78 is 10.7. The normalized spacial score (nSPS) is 13.0. The number of hydrogen-bond acceptors (Lipinski definition) is 5. The Kier molecular flexibility index (Phi) is 8.36. The second kappa shape index (κ2) is 12.0. The topological polar surface area (TPSA) is 87.7 Å². The third-order valence-corrected chi connectivity index (χ3v) is 6.36. The van der Waals surface area contributed by atoms with Gasteiger partial charge >= 0.3 is 0 Å². The molecule has 0 bridgehead atoms. The van der Waals surface area contributed by atoms with Crippen molar-refractivity contribution in [3.05, 3.63) is 95.7 Å². The Hall–Kier alpha value is -4.10. The zero-order valence-corrected chi connectivity index (χ0v) is 20.8. The molecule has 0 aliphatic carbocycles. The summed E-state index contributed by atoms with van der Waals surface area (Å²) in [6.07, 6.45) is 4.42. The van der Waals surface area contributed by atoms with E-state index in [1.54, 1.807) is 20.4 Å². The molecule has 4 aromatic rings. The van der Waals surface area contributed by atoms with Crippen LogP contribution in [0.5, 0.6) is 11.5 Å². The lowest BCUT2D eigenvalue weighted by atomic mass is 9.85. The summed E-state index contributed by atoms with van der Waals surface area (Å²) in [6.45, 7) is 2.27. The summed E-state index contributed by atoms with van der Waals surface area (Å²) in [5.41, 5.74) is 6.83. The van der Waals surface area contributed by atoms with E-state index in [1.165, 1.54) is 5.56 Å². The molecule has 7 nitrogen and oxygen atoms in total. The molecule has 0 saturated heterocycles. The SMILES string of the molecule is CCC(c1ccc(OC)cc1)C(NCC(=O)NN=Cc1c[nH]c2ccccc12)c1ccc(OC)cc1. The fourth-order valence-corrected chi connectivity index (χ4v) is 4.44. The monoisotopic (exact) mass is 484 g/mol. The number of para-hydroxylation sites is 1. The molecular formula is C29H32N4O3. The molecule has 0 aliphatic rings. The third kappa shape index (κ3) is 5.93. The number of fused-ring (bicyclic) bond motifs is 1. The predicted octanol–water partition coefficient (Wildman–Crippen LogP) is 5.16. The van der Waals surface area contributed by atoms with Gasteiger partial charge in [-0.05, 0) is 47.9 Å². The summed E-state index contributed by atoms with van der Waals surface area (Å²) >= 11 is 0. The zero-order valence-electron chi connectivity index (χ0n) is 20.8. The molecule has 2 atom stereocenters. The Balaban J connectivity index is 1.47. The Bertz CT molecular complexity index is 1300. The number of hydrazone groups is 1. The maximum atomic E-state index is 12.7. The Labute approximate surface area is 211 Å². The lowest BCUT2D eigenvalue weighted by molar-refractivity contribution is -0.120. The van der Waals surface area contributed by atoms with Gasteiger partial charge in [-0.15, -0.1) is 0 Å². The molecule has 0 fully saturated rings. The second-order valence-corrected chi connectivity index (χ2v) is 8.50. The lowest BCUT2D eigenvalue weighted by Gasteiger charge is -2.28. The zero-order chi connectivity index (χ0) is 25.3. The van der Waals surface area contributed by atoms with Crippen molar-refractivity contribution < 1.29 is 14.3 Å². The first-order chi connectivity index (χ1) is 17.6. The molecule has 1 amide bonds. The fraction of sp³-hybridized carbons (Fsp3) is 0.241. The molecule has 1 aromatic heterocycles. The van der Waals surface area contributed by atoms with Crippen LogP contribution >= 0.6 is 0 Å². The largest absolute Gasteiger partial charge is 0.497 e. The Morgan fingerprint density at radius 1 is 0.944 bits per heavy atom. The highest BCUT2D eigenvalue weighted by Gasteiger charge is 2.24. The number of rotatable bonds is 11. The van der Waals surface area contributed by atoms with Crippen LogP contribution in [0, 0.1) is 0 Å². The summed E-state index contributed by atoms with van der Waals surface area (Å²) in [5, 5.41) is 8.68. The highest BCUT2D eigenvalue weighted by molar-refractivity contribution is 5.99. The molecule has 0 spiro atoms. The first kappa shape index (κ1) is 25.0. The van der Waals surface area contributed by atoms with Gasteiger partial charge in [0, 0.05) is 34.6 Å². The molecule has 1 heterocycles. The third-order valence-electron chi connectivity index (χ3n) is 6.36. The second-order valence-electron chi connectivity index (χ2n) is 8.50. The Morgan fingerprint density at radius 3 is 2.22 bits per heavy atom. The van der Waals surface area contributed by atoms with Crippen LogP contribution in [0.3, 0.4) is 0 Å². The average molecular weight is 485 g/mol. The van der Waals surface area contributed by atoms with Crippen LogP contribution in [0.4, 0.5) is 0 Å². The van der Waals surface area contributed by atoms with Crippen LogP contribution in [0.2, 0.25) is 0 Å². The molecule has 4 rings (SSSR count). The maximum absolute atomic E-state index is 12.7. The number of ether oxygens (including phenoxy) is 2. The van der Waals surface area contributed by atoms with E-state index in [-0.39, 0.29) is 24.4 Å². The molecule has 3 N–H and O–H groups in total. The summed E-state index contributed by atoms with van der Waals surface area (Å²) in [7, 11) is 3.31. The van der Waals surface area contributed by atoms with Crippen molar-refractivity contribution in [3.63, 3.8) is 0 Å². The van der Waals surface area contributed by atoms with Crippen LogP contribution < -0.4 is 20.2 Å². The first-order valence-electron chi connectivity index (χ1n) is 12.0. The number of nitrogens with one attached hydrogen (secondary N) is 3. The number of carbonyl (C=O) groups excluding carboxylic acids is 1. The van der Waals surface area contributed by atoms with Gasteiger partial charge < -0.3 is 19.8 Å². The minimum atomic E-state index is -0.214. The molecule has 7 heteroatoms. The van der Waals surface area contributed by atoms with Crippen molar-refractivity contribution in [2.24, 2.45) is 5.10 Å². The van der Waals surface area contributed by atoms with Crippen molar-refractivity contribution in [1.82, 2.24) is 15.7 Å². The van der Waals surface area contributed by atoms with Crippen LogP contribution in [-0.2, 0) is 4.79 Å². The van der Waals surface area contributed by atoms with E-state index in [1.807, 2.05) is 66.9 Å². The molecule has 0 saturated carbocycles. The number of H-pyrrole nitrogens is 1. The highest BCUT2D eigenvalue weighted by atomic mass is 16.5. The van der Waals surface area contributed by atoms with Gasteiger partial charge in [-0.1, -0.05) is 49.4 Å². The molecule has 3 aromatic carbocycles. The number of benzene rings is 3. The van der Waals surface area contributed by atoms with Crippen LogP contribution in [0.1, 0.15) is 42.0 Å². The molecule has 2 unspecified atom stereocenters. The van der Waals surface area contributed by atoms with E-state index in [9.17, 15) is 4.79 Å². The van der Waals surface area contributed by atoms with Crippen molar-refractivity contribution in [2.75, 3.05) is 20.8 Å². The highest BCUT2D eigenvalue weighted by Crippen LogP contribution is 2.35. The van der Waals surface area contributed by atoms with Crippen molar-refractivity contribution in [2.45, 2.75) is 25.3 Å². The summed E-state index contributed by atoms with van der Waals surface area (Å²) in [5.74, 6) is 1.54. The van der Waals surface area contributed by atoms with Gasteiger partial charge in [-0.3, -0.25) is 4.79 Å². The van der Waals surface area contributed by atoms with Gasteiger partial charge in [0.1, 0.15) is 11.5 Å². The van der Waals surface area contributed by atoms with E-state index < -0.39 is 0 Å². The number of nitrogens with zero attached hydrogens (tertiary/aromatic N) is 1. The first-order valence-corrected chi connectivity index (χ1v) is 12.0. The lowest BCUT2D eigenvalue weighted by Crippen LogP contribution is -2.36. The van der Waals surface area contributed by atoms with E-state index in [2.05, 4.69) is 39.9 Å².